The van der Waals surface area contributed by atoms with Gasteiger partial charge in [0, 0.05) is 17.7 Å². The van der Waals surface area contributed by atoms with Crippen molar-refractivity contribution in [3.63, 3.8) is 0 Å². The first kappa shape index (κ1) is 15.1. The zero-order valence-electron chi connectivity index (χ0n) is 12.5. The lowest BCUT2D eigenvalue weighted by Gasteiger charge is -2.15. The second kappa shape index (κ2) is 6.52. The molecule has 2 aromatic carbocycles. The summed E-state index contributed by atoms with van der Waals surface area (Å²) in [6.07, 6.45) is 3.03. The van der Waals surface area contributed by atoms with Gasteiger partial charge in [0.05, 0.1) is 18.1 Å². The van der Waals surface area contributed by atoms with Gasteiger partial charge >= 0.3 is 0 Å². The highest BCUT2D eigenvalue weighted by Gasteiger charge is 2.10. The summed E-state index contributed by atoms with van der Waals surface area (Å²) in [5, 5.41) is 3.23. The van der Waals surface area contributed by atoms with Crippen molar-refractivity contribution in [2.45, 2.75) is 13.0 Å². The Morgan fingerprint density at radius 2 is 1.78 bits per heavy atom. The highest BCUT2D eigenvalue weighted by atomic mass is 19.1. The van der Waals surface area contributed by atoms with Crippen LogP contribution < -0.4 is 5.32 Å². The number of hydrogen-bond donors (Lipinski definition) is 1. The maximum absolute atomic E-state index is 13.9. The Kier molecular flexibility index (Phi) is 4.28. The predicted molar refractivity (Wildman–Crippen MR) is 85.9 cm³/mol. The monoisotopic (exact) mass is 311 g/mol. The number of nitrogens with one attached hydrogen (secondary N) is 1. The predicted octanol–water partition coefficient (Wildman–Crippen LogP) is 4.59. The first-order valence-corrected chi connectivity index (χ1v) is 7.22. The minimum absolute atomic E-state index is 0.0267. The van der Waals surface area contributed by atoms with Crippen LogP contribution in [0.15, 0.2) is 60.9 Å². The van der Waals surface area contributed by atoms with Crippen LogP contribution in [0.4, 0.5) is 14.6 Å². The molecule has 1 N–H and O–H groups in total. The fourth-order valence-corrected chi connectivity index (χ4v) is 2.31. The second-order valence-corrected chi connectivity index (χ2v) is 5.19. The number of benzene rings is 2. The van der Waals surface area contributed by atoms with E-state index in [1.54, 1.807) is 6.20 Å². The molecule has 0 aliphatic carbocycles. The van der Waals surface area contributed by atoms with Crippen LogP contribution in [0.25, 0.3) is 11.3 Å². The molecule has 0 radical (unpaired) electrons. The van der Waals surface area contributed by atoms with E-state index < -0.39 is 11.6 Å². The number of rotatable bonds is 4. The maximum atomic E-state index is 13.9. The van der Waals surface area contributed by atoms with Crippen molar-refractivity contribution >= 4 is 5.82 Å². The third kappa shape index (κ3) is 3.51. The summed E-state index contributed by atoms with van der Waals surface area (Å²) in [5.74, 6) is -0.749. The van der Waals surface area contributed by atoms with Gasteiger partial charge in [-0.3, -0.25) is 4.98 Å². The number of anilines is 1. The van der Waals surface area contributed by atoms with E-state index in [0.717, 1.165) is 11.6 Å². The van der Waals surface area contributed by atoms with Crippen molar-refractivity contribution in [3.8, 4) is 11.3 Å². The first-order valence-electron chi connectivity index (χ1n) is 7.22. The number of hydrogen-bond acceptors (Lipinski definition) is 3. The van der Waals surface area contributed by atoms with Crippen molar-refractivity contribution < 1.29 is 8.78 Å². The van der Waals surface area contributed by atoms with E-state index in [1.807, 2.05) is 37.3 Å². The highest BCUT2D eigenvalue weighted by molar-refractivity contribution is 5.60. The van der Waals surface area contributed by atoms with Crippen LogP contribution in [0.3, 0.4) is 0 Å². The molecule has 23 heavy (non-hydrogen) atoms. The van der Waals surface area contributed by atoms with Gasteiger partial charge in [-0.05, 0) is 24.6 Å². The largest absolute Gasteiger partial charge is 0.362 e. The molecular formula is C18H15F2N3. The molecular weight excluding hydrogens is 296 g/mol. The summed E-state index contributed by atoms with van der Waals surface area (Å²) in [4.78, 5) is 8.45. The fourth-order valence-electron chi connectivity index (χ4n) is 2.31. The molecule has 0 spiro atoms. The summed E-state index contributed by atoms with van der Waals surface area (Å²) >= 11 is 0. The van der Waals surface area contributed by atoms with Crippen LogP contribution in [0.1, 0.15) is 18.5 Å². The molecule has 0 unspecified atom stereocenters. The molecule has 1 atom stereocenters. The molecule has 5 heteroatoms. The van der Waals surface area contributed by atoms with Crippen LogP contribution in [0, 0.1) is 11.6 Å². The maximum Gasteiger partial charge on any atom is 0.145 e. The Morgan fingerprint density at radius 3 is 2.52 bits per heavy atom. The van der Waals surface area contributed by atoms with E-state index in [9.17, 15) is 8.78 Å². The summed E-state index contributed by atoms with van der Waals surface area (Å²) < 4.78 is 26.9. The van der Waals surface area contributed by atoms with Crippen molar-refractivity contribution in [1.82, 2.24) is 9.97 Å². The molecule has 3 nitrogen and oxygen atoms in total. The lowest BCUT2D eigenvalue weighted by atomic mass is 10.1. The SMILES string of the molecule is C[C@H](Nc1cncc(-c2ccc(F)cc2F)n1)c1ccccc1. The Labute approximate surface area is 133 Å². The molecule has 3 aromatic rings. The molecule has 0 amide bonds. The fraction of sp³-hybridized carbons (Fsp3) is 0.111. The van der Waals surface area contributed by atoms with Gasteiger partial charge in [-0.25, -0.2) is 13.8 Å². The number of halogens is 2. The Balaban J connectivity index is 1.85. The van der Waals surface area contributed by atoms with Crippen molar-refractivity contribution in [3.05, 3.63) is 78.1 Å². The van der Waals surface area contributed by atoms with Crippen LogP contribution in [-0.2, 0) is 0 Å². The summed E-state index contributed by atoms with van der Waals surface area (Å²) in [6.45, 7) is 2.00. The van der Waals surface area contributed by atoms with Gasteiger partial charge in [0.15, 0.2) is 0 Å². The average Bonchev–Trinajstić information content (AvgIpc) is 2.56. The van der Waals surface area contributed by atoms with E-state index in [4.69, 9.17) is 0 Å². The summed E-state index contributed by atoms with van der Waals surface area (Å²) in [5.41, 5.74) is 1.68. The van der Waals surface area contributed by atoms with Gasteiger partial charge in [0.2, 0.25) is 0 Å². The van der Waals surface area contributed by atoms with Gasteiger partial charge in [-0.15, -0.1) is 0 Å². The standard InChI is InChI=1S/C18H15F2N3/c1-12(13-5-3-2-4-6-13)22-18-11-21-10-17(23-18)15-8-7-14(19)9-16(15)20/h2-12H,1H3,(H,22,23)/t12-/m0/s1. The molecule has 3 rings (SSSR count). The van der Waals surface area contributed by atoms with Crippen molar-refractivity contribution in [1.29, 1.82) is 0 Å². The molecule has 116 valence electrons. The molecule has 1 heterocycles. The number of aromatic nitrogens is 2. The van der Waals surface area contributed by atoms with E-state index in [-0.39, 0.29) is 11.6 Å². The van der Waals surface area contributed by atoms with Crippen LogP contribution >= 0.6 is 0 Å². The third-order valence-electron chi connectivity index (χ3n) is 3.51. The van der Waals surface area contributed by atoms with Gasteiger partial charge in [0.1, 0.15) is 17.5 Å². The van der Waals surface area contributed by atoms with Gasteiger partial charge in [-0.1, -0.05) is 30.3 Å². The van der Waals surface area contributed by atoms with Crippen molar-refractivity contribution in [2.24, 2.45) is 0 Å². The second-order valence-electron chi connectivity index (χ2n) is 5.19. The first-order chi connectivity index (χ1) is 11.1. The van der Waals surface area contributed by atoms with Crippen LogP contribution in [0.5, 0.6) is 0 Å². The molecule has 0 fully saturated rings. The quantitative estimate of drug-likeness (QED) is 0.765. The molecule has 0 saturated heterocycles. The van der Waals surface area contributed by atoms with E-state index in [2.05, 4.69) is 15.3 Å². The number of nitrogens with zero attached hydrogens (tertiary/aromatic N) is 2. The van der Waals surface area contributed by atoms with Crippen LogP contribution in [0.2, 0.25) is 0 Å². The van der Waals surface area contributed by atoms with Gasteiger partial charge in [-0.2, -0.15) is 0 Å². The topological polar surface area (TPSA) is 37.8 Å². The van der Waals surface area contributed by atoms with Crippen LogP contribution in [-0.4, -0.2) is 9.97 Å². The van der Waals surface area contributed by atoms with E-state index in [1.165, 1.54) is 18.3 Å². The summed E-state index contributed by atoms with van der Waals surface area (Å²) in [6, 6.07) is 13.3. The summed E-state index contributed by atoms with van der Waals surface area (Å²) in [7, 11) is 0. The molecule has 0 bridgehead atoms. The van der Waals surface area contributed by atoms with E-state index in [0.29, 0.717) is 11.5 Å². The minimum atomic E-state index is -0.660. The zero-order valence-corrected chi connectivity index (χ0v) is 12.5. The lowest BCUT2D eigenvalue weighted by Crippen LogP contribution is -2.08. The minimum Gasteiger partial charge on any atom is -0.362 e. The molecule has 1 aromatic heterocycles. The third-order valence-corrected chi connectivity index (χ3v) is 3.51. The highest BCUT2D eigenvalue weighted by Crippen LogP contribution is 2.23. The Hall–Kier alpha value is -2.82. The molecule has 0 aliphatic heterocycles. The van der Waals surface area contributed by atoms with E-state index >= 15 is 0 Å². The normalized spacial score (nSPS) is 12.0. The Bertz CT molecular complexity index is 806. The van der Waals surface area contributed by atoms with Crippen molar-refractivity contribution in [2.75, 3.05) is 5.32 Å². The molecule has 0 saturated carbocycles. The zero-order chi connectivity index (χ0) is 16.2. The van der Waals surface area contributed by atoms with Gasteiger partial charge in [0.25, 0.3) is 0 Å². The average molecular weight is 311 g/mol. The smallest absolute Gasteiger partial charge is 0.145 e. The Morgan fingerprint density at radius 1 is 1.00 bits per heavy atom. The van der Waals surface area contributed by atoms with Gasteiger partial charge < -0.3 is 5.32 Å². The lowest BCUT2D eigenvalue weighted by molar-refractivity contribution is 0.585. The molecule has 0 aliphatic rings.